The van der Waals surface area contributed by atoms with Crippen LogP contribution >= 0.6 is 0 Å². The monoisotopic (exact) mass is 371 g/mol. The van der Waals surface area contributed by atoms with Gasteiger partial charge in [0.1, 0.15) is 6.10 Å². The predicted molar refractivity (Wildman–Crippen MR) is 115 cm³/mol. The van der Waals surface area contributed by atoms with Crippen molar-refractivity contribution >= 4 is 0 Å². The Kier molecular flexibility index (Phi) is 6.54. The van der Waals surface area contributed by atoms with Gasteiger partial charge in [0, 0.05) is 13.1 Å². The van der Waals surface area contributed by atoms with Gasteiger partial charge in [0.25, 0.3) is 0 Å². The summed E-state index contributed by atoms with van der Waals surface area (Å²) in [5, 5.41) is 0. The molecule has 1 heterocycles. The quantitative estimate of drug-likeness (QED) is 0.544. The zero-order chi connectivity index (χ0) is 19.0. The van der Waals surface area contributed by atoms with Crippen molar-refractivity contribution in [2.45, 2.75) is 31.5 Å². The lowest BCUT2D eigenvalue weighted by atomic mass is 10.00. The Hall–Kier alpha value is -2.42. The van der Waals surface area contributed by atoms with Crippen LogP contribution in [-0.2, 0) is 11.2 Å². The molecule has 1 saturated heterocycles. The Balaban J connectivity index is 1.42. The highest BCUT2D eigenvalue weighted by Gasteiger charge is 2.25. The van der Waals surface area contributed by atoms with Gasteiger partial charge in [-0.15, -0.1) is 0 Å². The molecule has 3 aromatic rings. The summed E-state index contributed by atoms with van der Waals surface area (Å²) in [5.74, 6) is 0. The largest absolute Gasteiger partial charge is 0.364 e. The molecule has 0 radical (unpaired) electrons. The summed E-state index contributed by atoms with van der Waals surface area (Å²) in [6, 6.07) is 32.0. The average molecular weight is 372 g/mol. The van der Waals surface area contributed by atoms with Crippen molar-refractivity contribution in [2.24, 2.45) is 0 Å². The molecule has 0 aromatic heterocycles. The number of nitrogens with zero attached hydrogens (tertiary/aromatic N) is 1. The van der Waals surface area contributed by atoms with Crippen LogP contribution in [0.15, 0.2) is 91.0 Å². The SMILES string of the molecule is c1ccc(CCN2CCC[C@@H](OC(c3ccccc3)c3ccccc3)C2)cc1. The number of hydrogen-bond donors (Lipinski definition) is 0. The Morgan fingerprint density at radius 3 is 1.96 bits per heavy atom. The van der Waals surface area contributed by atoms with Gasteiger partial charge in [0.05, 0.1) is 6.10 Å². The first-order valence-corrected chi connectivity index (χ1v) is 10.4. The summed E-state index contributed by atoms with van der Waals surface area (Å²) in [7, 11) is 0. The van der Waals surface area contributed by atoms with Gasteiger partial charge in [-0.2, -0.15) is 0 Å². The lowest BCUT2D eigenvalue weighted by molar-refractivity contribution is -0.0330. The average Bonchev–Trinajstić information content (AvgIpc) is 2.78. The first-order chi connectivity index (χ1) is 13.9. The van der Waals surface area contributed by atoms with Crippen molar-refractivity contribution in [3.63, 3.8) is 0 Å². The van der Waals surface area contributed by atoms with Crippen molar-refractivity contribution in [1.82, 2.24) is 4.90 Å². The molecule has 0 saturated carbocycles. The highest BCUT2D eigenvalue weighted by atomic mass is 16.5. The number of benzene rings is 3. The van der Waals surface area contributed by atoms with Gasteiger partial charge in [-0.25, -0.2) is 0 Å². The van der Waals surface area contributed by atoms with Crippen LogP contribution < -0.4 is 0 Å². The van der Waals surface area contributed by atoms with E-state index in [1.165, 1.54) is 29.7 Å². The van der Waals surface area contributed by atoms with E-state index in [1.54, 1.807) is 0 Å². The molecular weight excluding hydrogens is 342 g/mol. The van der Waals surface area contributed by atoms with E-state index in [0.717, 1.165) is 25.9 Å². The number of ether oxygens (including phenoxy) is 1. The summed E-state index contributed by atoms with van der Waals surface area (Å²) in [5.41, 5.74) is 3.88. The first kappa shape index (κ1) is 18.9. The summed E-state index contributed by atoms with van der Waals surface area (Å²) >= 11 is 0. The van der Waals surface area contributed by atoms with Crippen molar-refractivity contribution in [3.8, 4) is 0 Å². The minimum Gasteiger partial charge on any atom is -0.364 e. The Bertz CT molecular complexity index is 779. The van der Waals surface area contributed by atoms with Crippen LogP contribution in [0.3, 0.4) is 0 Å². The molecule has 1 aliphatic rings. The number of likely N-dealkylation sites (tertiary alicyclic amines) is 1. The van der Waals surface area contributed by atoms with Crippen LogP contribution in [0.5, 0.6) is 0 Å². The van der Waals surface area contributed by atoms with Gasteiger partial charge in [-0.3, -0.25) is 0 Å². The Labute approximate surface area is 168 Å². The van der Waals surface area contributed by atoms with E-state index in [9.17, 15) is 0 Å². The van der Waals surface area contributed by atoms with E-state index >= 15 is 0 Å². The van der Waals surface area contributed by atoms with E-state index in [1.807, 2.05) is 0 Å². The fourth-order valence-electron chi connectivity index (χ4n) is 4.06. The molecule has 0 amide bonds. The molecule has 28 heavy (non-hydrogen) atoms. The van der Waals surface area contributed by atoms with Gasteiger partial charge in [-0.05, 0) is 42.5 Å². The number of hydrogen-bond acceptors (Lipinski definition) is 2. The maximum absolute atomic E-state index is 6.70. The molecule has 0 N–H and O–H groups in total. The molecule has 2 nitrogen and oxygen atoms in total. The molecule has 1 atom stereocenters. The first-order valence-electron chi connectivity index (χ1n) is 10.4. The molecule has 144 valence electrons. The number of rotatable bonds is 7. The molecule has 0 aliphatic carbocycles. The highest BCUT2D eigenvalue weighted by molar-refractivity contribution is 5.30. The molecular formula is C26H29NO. The zero-order valence-electron chi connectivity index (χ0n) is 16.4. The van der Waals surface area contributed by atoms with Crippen LogP contribution in [-0.4, -0.2) is 30.6 Å². The summed E-state index contributed by atoms with van der Waals surface area (Å²) in [6.07, 6.45) is 3.72. The Morgan fingerprint density at radius 1 is 0.786 bits per heavy atom. The molecule has 1 aliphatic heterocycles. The van der Waals surface area contributed by atoms with Crippen LogP contribution in [0, 0.1) is 0 Å². The highest BCUT2D eigenvalue weighted by Crippen LogP contribution is 2.29. The molecule has 1 fully saturated rings. The van der Waals surface area contributed by atoms with Crippen molar-refractivity contribution < 1.29 is 4.74 Å². The van der Waals surface area contributed by atoms with Crippen molar-refractivity contribution in [3.05, 3.63) is 108 Å². The van der Waals surface area contributed by atoms with Gasteiger partial charge in [-0.1, -0.05) is 91.0 Å². The fraction of sp³-hybridized carbons (Fsp3) is 0.308. The molecule has 0 spiro atoms. The lowest BCUT2D eigenvalue weighted by Crippen LogP contribution is -2.41. The lowest BCUT2D eigenvalue weighted by Gasteiger charge is -2.35. The molecule has 2 heteroatoms. The fourth-order valence-corrected chi connectivity index (χ4v) is 4.06. The Morgan fingerprint density at radius 2 is 1.36 bits per heavy atom. The third kappa shape index (κ3) is 5.09. The van der Waals surface area contributed by atoms with E-state index in [0.29, 0.717) is 0 Å². The second-order valence-corrected chi connectivity index (χ2v) is 7.64. The van der Waals surface area contributed by atoms with Gasteiger partial charge < -0.3 is 9.64 Å². The maximum atomic E-state index is 6.70. The van der Waals surface area contributed by atoms with Crippen molar-refractivity contribution in [1.29, 1.82) is 0 Å². The molecule has 4 rings (SSSR count). The van der Waals surface area contributed by atoms with Crippen LogP contribution in [0.1, 0.15) is 35.6 Å². The normalized spacial score (nSPS) is 17.7. The van der Waals surface area contributed by atoms with E-state index < -0.39 is 0 Å². The second-order valence-electron chi connectivity index (χ2n) is 7.64. The topological polar surface area (TPSA) is 12.5 Å². The van der Waals surface area contributed by atoms with Gasteiger partial charge in [0.15, 0.2) is 0 Å². The third-order valence-electron chi connectivity index (χ3n) is 5.55. The minimum atomic E-state index is 0.00136. The van der Waals surface area contributed by atoms with E-state index in [-0.39, 0.29) is 12.2 Å². The van der Waals surface area contributed by atoms with Gasteiger partial charge in [0.2, 0.25) is 0 Å². The minimum absolute atomic E-state index is 0.00136. The second kappa shape index (κ2) is 9.68. The van der Waals surface area contributed by atoms with Gasteiger partial charge >= 0.3 is 0 Å². The van der Waals surface area contributed by atoms with E-state index in [2.05, 4.69) is 95.9 Å². The molecule has 0 bridgehead atoms. The zero-order valence-corrected chi connectivity index (χ0v) is 16.4. The molecule has 0 unspecified atom stereocenters. The van der Waals surface area contributed by atoms with E-state index in [4.69, 9.17) is 4.74 Å². The standard InChI is InChI=1S/C26H29NO/c1-4-11-22(12-5-1)18-20-27-19-10-17-25(21-27)28-26(23-13-6-2-7-14-23)24-15-8-3-9-16-24/h1-9,11-16,25-26H,10,17-21H2/t25-/m1/s1. The third-order valence-corrected chi connectivity index (χ3v) is 5.55. The summed E-state index contributed by atoms with van der Waals surface area (Å²) in [4.78, 5) is 2.56. The smallest absolute Gasteiger partial charge is 0.108 e. The van der Waals surface area contributed by atoms with Crippen LogP contribution in [0.4, 0.5) is 0 Å². The summed E-state index contributed by atoms with van der Waals surface area (Å²) in [6.45, 7) is 3.29. The maximum Gasteiger partial charge on any atom is 0.108 e. The number of piperidine rings is 1. The summed E-state index contributed by atoms with van der Waals surface area (Å²) < 4.78 is 6.70. The molecule has 3 aromatic carbocycles. The van der Waals surface area contributed by atoms with Crippen LogP contribution in [0.25, 0.3) is 0 Å². The van der Waals surface area contributed by atoms with Crippen molar-refractivity contribution in [2.75, 3.05) is 19.6 Å². The van der Waals surface area contributed by atoms with Crippen LogP contribution in [0.2, 0.25) is 0 Å². The predicted octanol–water partition coefficient (Wildman–Crippen LogP) is 5.50.